The van der Waals surface area contributed by atoms with Gasteiger partial charge in [0.05, 0.1) is 6.21 Å². The van der Waals surface area contributed by atoms with Gasteiger partial charge in [0, 0.05) is 4.48 Å². The van der Waals surface area contributed by atoms with E-state index in [4.69, 9.17) is 5.73 Å². The highest BCUT2D eigenvalue weighted by molar-refractivity contribution is 9.12. The highest BCUT2D eigenvalue weighted by Gasteiger charge is 1.88. The summed E-state index contributed by atoms with van der Waals surface area (Å²) in [6, 6.07) is 9.90. The molecule has 1 aromatic rings. The number of nitrogens with two attached hydrogens (primary N) is 1. The topological polar surface area (TPSA) is 50.4 Å². The molecule has 0 aliphatic rings. The first-order valence-electron chi connectivity index (χ1n) is 4.19. The van der Waals surface area contributed by atoms with E-state index < -0.39 is 0 Å². The van der Waals surface area contributed by atoms with Gasteiger partial charge in [-0.25, -0.2) is 0 Å². The number of allylic oxidation sites excluding steroid dienone is 1. The van der Waals surface area contributed by atoms with Gasteiger partial charge < -0.3 is 5.73 Å². The Morgan fingerprint density at radius 3 is 2.67 bits per heavy atom. The van der Waals surface area contributed by atoms with Crippen LogP contribution in [-0.2, 0) is 0 Å². The normalized spacial score (nSPS) is 11.7. The Morgan fingerprint density at radius 1 is 1.40 bits per heavy atom. The van der Waals surface area contributed by atoms with Crippen molar-refractivity contribution in [3.05, 3.63) is 40.4 Å². The van der Waals surface area contributed by atoms with Gasteiger partial charge in [0.25, 0.3) is 0 Å². The van der Waals surface area contributed by atoms with E-state index in [9.17, 15) is 0 Å². The molecule has 15 heavy (non-hydrogen) atoms. The number of rotatable bonds is 3. The molecule has 0 aliphatic carbocycles. The molecule has 0 radical (unpaired) electrons. The molecule has 78 valence electrons. The molecule has 5 heteroatoms. The molecular formula is C10H10BrN3S. The van der Waals surface area contributed by atoms with Crippen molar-refractivity contribution < 1.29 is 0 Å². The SMILES string of the molecule is NC(=S)NN=CC(Br)=Cc1ccccc1. The average Bonchev–Trinajstić information content (AvgIpc) is 2.18. The van der Waals surface area contributed by atoms with Gasteiger partial charge >= 0.3 is 0 Å². The largest absolute Gasteiger partial charge is 0.375 e. The number of benzene rings is 1. The molecule has 0 saturated carbocycles. The lowest BCUT2D eigenvalue weighted by molar-refractivity contribution is 1.04. The van der Waals surface area contributed by atoms with Crippen molar-refractivity contribution in [1.29, 1.82) is 0 Å². The quantitative estimate of drug-likeness (QED) is 0.508. The van der Waals surface area contributed by atoms with Crippen LogP contribution in [0.1, 0.15) is 5.56 Å². The van der Waals surface area contributed by atoms with E-state index in [0.717, 1.165) is 10.0 Å². The molecular weight excluding hydrogens is 274 g/mol. The number of thiocarbonyl (C=S) groups is 1. The maximum absolute atomic E-state index is 5.20. The van der Waals surface area contributed by atoms with Crippen LogP contribution >= 0.6 is 28.1 Å². The second-order valence-corrected chi connectivity index (χ2v) is 4.03. The molecule has 0 spiro atoms. The first kappa shape index (κ1) is 11.9. The number of nitrogens with zero attached hydrogens (tertiary/aromatic N) is 1. The van der Waals surface area contributed by atoms with Gasteiger partial charge in [-0.1, -0.05) is 30.3 Å². The predicted molar refractivity (Wildman–Crippen MR) is 71.8 cm³/mol. The summed E-state index contributed by atoms with van der Waals surface area (Å²) in [6.07, 6.45) is 3.52. The summed E-state index contributed by atoms with van der Waals surface area (Å²) >= 11 is 7.95. The molecule has 0 fully saturated rings. The maximum Gasteiger partial charge on any atom is 0.184 e. The molecule has 0 unspecified atom stereocenters. The van der Waals surface area contributed by atoms with Crippen LogP contribution in [0.2, 0.25) is 0 Å². The smallest absolute Gasteiger partial charge is 0.184 e. The highest BCUT2D eigenvalue weighted by Crippen LogP contribution is 2.09. The zero-order valence-corrected chi connectivity index (χ0v) is 10.3. The Hall–Kier alpha value is -1.20. The van der Waals surface area contributed by atoms with Crippen LogP contribution in [0.3, 0.4) is 0 Å². The molecule has 1 aromatic carbocycles. The van der Waals surface area contributed by atoms with E-state index in [1.807, 2.05) is 36.4 Å². The van der Waals surface area contributed by atoms with Crippen molar-refractivity contribution in [2.45, 2.75) is 0 Å². The standard InChI is InChI=1S/C10H10BrN3S/c11-9(7-13-14-10(12)15)6-8-4-2-1-3-5-8/h1-7H,(H3,12,14,15). The van der Waals surface area contributed by atoms with Crippen molar-refractivity contribution in [1.82, 2.24) is 5.43 Å². The Labute approximate surface area is 102 Å². The summed E-state index contributed by atoms with van der Waals surface area (Å²) in [4.78, 5) is 0. The van der Waals surface area contributed by atoms with Gasteiger partial charge in [0.1, 0.15) is 0 Å². The fraction of sp³-hybridized carbons (Fsp3) is 0. The van der Waals surface area contributed by atoms with E-state index in [-0.39, 0.29) is 5.11 Å². The molecule has 1 rings (SSSR count). The number of hydrogen-bond donors (Lipinski definition) is 2. The summed E-state index contributed by atoms with van der Waals surface area (Å²) in [5.74, 6) is 0. The summed E-state index contributed by atoms with van der Waals surface area (Å²) in [6.45, 7) is 0. The lowest BCUT2D eigenvalue weighted by Gasteiger charge is -1.94. The molecule has 0 aliphatic heterocycles. The van der Waals surface area contributed by atoms with E-state index in [1.54, 1.807) is 6.21 Å². The number of hydrogen-bond acceptors (Lipinski definition) is 2. The van der Waals surface area contributed by atoms with Crippen molar-refractivity contribution in [3.8, 4) is 0 Å². The van der Waals surface area contributed by atoms with Crippen LogP contribution in [-0.4, -0.2) is 11.3 Å². The fourth-order valence-electron chi connectivity index (χ4n) is 0.903. The molecule has 0 saturated heterocycles. The fourth-order valence-corrected chi connectivity index (χ4v) is 1.32. The maximum atomic E-state index is 5.20. The van der Waals surface area contributed by atoms with Gasteiger partial charge in [0.2, 0.25) is 0 Å². The number of halogens is 1. The Bertz CT molecular complexity index is 387. The predicted octanol–water partition coefficient (Wildman–Crippen LogP) is 2.24. The zero-order valence-electron chi connectivity index (χ0n) is 7.85. The Morgan fingerprint density at radius 2 is 2.07 bits per heavy atom. The number of nitrogens with one attached hydrogen (secondary N) is 1. The van der Waals surface area contributed by atoms with Crippen LogP contribution in [0.15, 0.2) is 39.9 Å². The van der Waals surface area contributed by atoms with Crippen LogP contribution in [0.4, 0.5) is 0 Å². The minimum atomic E-state index is 0.145. The third-order valence-corrected chi connectivity index (χ3v) is 1.99. The molecule has 3 N–H and O–H groups in total. The first-order valence-corrected chi connectivity index (χ1v) is 5.39. The van der Waals surface area contributed by atoms with Gasteiger partial charge in [0.15, 0.2) is 5.11 Å². The minimum absolute atomic E-state index is 0.145. The Kier molecular flexibility index (Phi) is 5.00. The molecule has 0 atom stereocenters. The van der Waals surface area contributed by atoms with Crippen LogP contribution < -0.4 is 11.2 Å². The van der Waals surface area contributed by atoms with Crippen molar-refractivity contribution in [3.63, 3.8) is 0 Å². The third kappa shape index (κ3) is 5.29. The number of hydrazone groups is 1. The summed E-state index contributed by atoms with van der Waals surface area (Å²) < 4.78 is 0.831. The Balaban J connectivity index is 2.61. The van der Waals surface area contributed by atoms with Gasteiger partial charge in [-0.3, -0.25) is 5.43 Å². The highest BCUT2D eigenvalue weighted by atomic mass is 79.9. The second kappa shape index (κ2) is 6.31. The molecule has 3 nitrogen and oxygen atoms in total. The first-order chi connectivity index (χ1) is 7.18. The van der Waals surface area contributed by atoms with Gasteiger partial charge in [-0.05, 0) is 39.8 Å². The lowest BCUT2D eigenvalue weighted by Crippen LogP contribution is -2.23. The van der Waals surface area contributed by atoms with Crippen LogP contribution in [0, 0.1) is 0 Å². The monoisotopic (exact) mass is 283 g/mol. The van der Waals surface area contributed by atoms with Crippen LogP contribution in [0.25, 0.3) is 6.08 Å². The third-order valence-electron chi connectivity index (χ3n) is 1.47. The van der Waals surface area contributed by atoms with Gasteiger partial charge in [-0.15, -0.1) is 0 Å². The second-order valence-electron chi connectivity index (χ2n) is 2.67. The van der Waals surface area contributed by atoms with Gasteiger partial charge in [-0.2, -0.15) is 5.10 Å². The zero-order chi connectivity index (χ0) is 11.1. The lowest BCUT2D eigenvalue weighted by atomic mass is 10.2. The molecule has 0 amide bonds. The average molecular weight is 284 g/mol. The minimum Gasteiger partial charge on any atom is -0.375 e. The molecule has 0 aromatic heterocycles. The summed E-state index contributed by atoms with van der Waals surface area (Å²) in [5.41, 5.74) is 8.76. The van der Waals surface area contributed by atoms with Crippen molar-refractivity contribution in [2.24, 2.45) is 10.8 Å². The van der Waals surface area contributed by atoms with E-state index in [0.29, 0.717) is 0 Å². The molecule has 0 bridgehead atoms. The molecule has 0 heterocycles. The van der Waals surface area contributed by atoms with Crippen molar-refractivity contribution in [2.75, 3.05) is 0 Å². The van der Waals surface area contributed by atoms with E-state index in [2.05, 4.69) is 38.7 Å². The summed E-state index contributed by atoms with van der Waals surface area (Å²) in [5, 5.41) is 3.96. The van der Waals surface area contributed by atoms with E-state index >= 15 is 0 Å². The van der Waals surface area contributed by atoms with E-state index in [1.165, 1.54) is 0 Å². The van der Waals surface area contributed by atoms with Crippen LogP contribution in [0.5, 0.6) is 0 Å². The van der Waals surface area contributed by atoms with Crippen molar-refractivity contribution >= 4 is 45.6 Å². The summed E-state index contributed by atoms with van der Waals surface area (Å²) in [7, 11) is 0.